The maximum absolute atomic E-state index is 10.2. The number of aliphatic hydroxyl groups excluding tert-OH is 2. The van der Waals surface area contributed by atoms with Crippen molar-refractivity contribution in [1.82, 2.24) is 0 Å². The average Bonchev–Trinajstić information content (AvgIpc) is 2.74. The molecule has 0 aromatic carbocycles. The lowest BCUT2D eigenvalue weighted by molar-refractivity contribution is 0.0348. The molecule has 2 fully saturated rings. The molecule has 0 spiro atoms. The van der Waals surface area contributed by atoms with Crippen LogP contribution in [0.1, 0.15) is 91.9 Å². The second kappa shape index (κ2) is 9.49. The lowest BCUT2D eigenvalue weighted by Gasteiger charge is -2.41. The van der Waals surface area contributed by atoms with Crippen LogP contribution < -0.4 is 0 Å². The van der Waals surface area contributed by atoms with E-state index < -0.39 is 0 Å². The molecule has 2 saturated carbocycles. The lowest BCUT2D eigenvalue weighted by atomic mass is 9.65. The molecule has 2 heteroatoms. The van der Waals surface area contributed by atoms with Crippen molar-refractivity contribution in [2.75, 3.05) is 0 Å². The molecule has 0 heterocycles. The molecule has 0 aromatic heterocycles. The highest BCUT2D eigenvalue weighted by molar-refractivity contribution is 5.17. The van der Waals surface area contributed by atoms with Crippen molar-refractivity contribution in [2.24, 2.45) is 47.3 Å². The first-order valence-corrected chi connectivity index (χ1v) is 13.1. The maximum Gasteiger partial charge on any atom is 0.0568 e. The summed E-state index contributed by atoms with van der Waals surface area (Å²) in [7, 11) is 0. The first kappa shape index (κ1) is 22.6. The van der Waals surface area contributed by atoms with E-state index in [2.05, 4.69) is 39.8 Å². The summed E-state index contributed by atoms with van der Waals surface area (Å²) in [4.78, 5) is 0. The number of hydrogen-bond donors (Lipinski definition) is 2. The zero-order valence-corrected chi connectivity index (χ0v) is 19.9. The van der Waals surface area contributed by atoms with E-state index in [1.807, 2.05) is 0 Å². The highest BCUT2D eigenvalue weighted by Crippen LogP contribution is 2.46. The van der Waals surface area contributed by atoms with Crippen molar-refractivity contribution in [3.8, 4) is 0 Å². The third-order valence-corrected chi connectivity index (χ3v) is 9.76. The van der Waals surface area contributed by atoms with Gasteiger partial charge in [0.2, 0.25) is 0 Å². The minimum Gasteiger partial charge on any atom is -0.393 e. The molecule has 0 bridgehead atoms. The minimum atomic E-state index is -0.0884. The predicted molar refractivity (Wildman–Crippen MR) is 125 cm³/mol. The Balaban J connectivity index is 1.32. The van der Waals surface area contributed by atoms with Crippen LogP contribution in [-0.2, 0) is 0 Å². The molecule has 4 rings (SSSR count). The van der Waals surface area contributed by atoms with Crippen molar-refractivity contribution >= 4 is 0 Å². The average molecular weight is 415 g/mol. The number of aliphatic hydroxyl groups is 2. The van der Waals surface area contributed by atoms with E-state index in [4.69, 9.17) is 0 Å². The first-order chi connectivity index (χ1) is 14.3. The molecule has 0 amide bonds. The van der Waals surface area contributed by atoms with Gasteiger partial charge in [0.1, 0.15) is 0 Å². The zero-order chi connectivity index (χ0) is 21.4. The molecule has 2 nitrogen and oxygen atoms in total. The van der Waals surface area contributed by atoms with Crippen LogP contribution in [0.25, 0.3) is 0 Å². The number of allylic oxidation sites excluding steroid dienone is 4. The third kappa shape index (κ3) is 4.75. The van der Waals surface area contributed by atoms with Crippen molar-refractivity contribution in [3.05, 3.63) is 23.3 Å². The summed E-state index contributed by atoms with van der Waals surface area (Å²) in [5.74, 6) is 5.36. The lowest BCUT2D eigenvalue weighted by Crippen LogP contribution is -2.35. The Bertz CT molecular complexity index is 593. The Morgan fingerprint density at radius 3 is 1.33 bits per heavy atom. The summed E-state index contributed by atoms with van der Waals surface area (Å²) < 4.78 is 0. The summed E-state index contributed by atoms with van der Waals surface area (Å²) in [6, 6.07) is 0. The van der Waals surface area contributed by atoms with E-state index in [-0.39, 0.29) is 12.2 Å². The van der Waals surface area contributed by atoms with Crippen LogP contribution in [0, 0.1) is 47.3 Å². The van der Waals surface area contributed by atoms with Crippen molar-refractivity contribution in [1.29, 1.82) is 0 Å². The van der Waals surface area contributed by atoms with Crippen LogP contribution in [0.2, 0.25) is 0 Å². The van der Waals surface area contributed by atoms with Gasteiger partial charge >= 0.3 is 0 Å². The van der Waals surface area contributed by atoms with Crippen LogP contribution in [0.15, 0.2) is 23.3 Å². The van der Waals surface area contributed by atoms with Gasteiger partial charge in [-0.3, -0.25) is 0 Å². The van der Waals surface area contributed by atoms with E-state index in [9.17, 15) is 10.2 Å². The summed E-state index contributed by atoms with van der Waals surface area (Å²) in [6.07, 6.45) is 17.3. The quantitative estimate of drug-likeness (QED) is 0.516. The fraction of sp³-hybridized carbons (Fsp3) is 0.857. The molecule has 2 N–H and O–H groups in total. The van der Waals surface area contributed by atoms with Gasteiger partial charge in [-0.25, -0.2) is 0 Å². The van der Waals surface area contributed by atoms with Gasteiger partial charge in [-0.15, -0.1) is 0 Å². The fourth-order valence-electron chi connectivity index (χ4n) is 7.45. The fourth-order valence-corrected chi connectivity index (χ4v) is 7.45. The van der Waals surface area contributed by atoms with Gasteiger partial charge < -0.3 is 10.2 Å². The molecule has 0 aromatic rings. The smallest absolute Gasteiger partial charge is 0.0568 e. The number of rotatable bonds is 3. The van der Waals surface area contributed by atoms with Gasteiger partial charge in [0.25, 0.3) is 0 Å². The SMILES string of the molecule is CC1CC(C2=CCC(C3CC=C(C4CC(C)C(O)CC4C)CC3)CC2)C(C)CC1O. The van der Waals surface area contributed by atoms with E-state index in [1.54, 1.807) is 11.1 Å². The monoisotopic (exact) mass is 414 g/mol. The highest BCUT2D eigenvalue weighted by atomic mass is 16.3. The van der Waals surface area contributed by atoms with Crippen molar-refractivity contribution in [2.45, 2.75) is 104 Å². The van der Waals surface area contributed by atoms with Gasteiger partial charge in [-0.2, -0.15) is 0 Å². The zero-order valence-electron chi connectivity index (χ0n) is 19.9. The molecule has 4 aliphatic rings. The van der Waals surface area contributed by atoms with Crippen LogP contribution >= 0.6 is 0 Å². The standard InChI is InChI=1S/C28H46O2/c1-17-15-27(29)19(3)13-25(17)23-9-5-21(6-10-23)22-7-11-24(12-8-22)26-14-20(4)28(30)16-18(26)2/h9,11,17-22,25-30H,5-8,10,12-16H2,1-4H3. The normalized spacial score (nSPS) is 48.1. The Hall–Kier alpha value is -0.600. The predicted octanol–water partition coefficient (Wildman–Crippen LogP) is 6.53. The van der Waals surface area contributed by atoms with Gasteiger partial charge in [0.05, 0.1) is 12.2 Å². The topological polar surface area (TPSA) is 40.5 Å². The molecule has 0 saturated heterocycles. The molecular formula is C28H46O2. The molecular weight excluding hydrogens is 368 g/mol. The molecule has 4 aliphatic carbocycles. The van der Waals surface area contributed by atoms with Crippen LogP contribution in [0.3, 0.4) is 0 Å². The van der Waals surface area contributed by atoms with Crippen molar-refractivity contribution < 1.29 is 10.2 Å². The Morgan fingerprint density at radius 1 is 0.600 bits per heavy atom. The summed E-state index contributed by atoms with van der Waals surface area (Å²) in [5.41, 5.74) is 3.43. The Morgan fingerprint density at radius 2 is 1.00 bits per heavy atom. The Kier molecular flexibility index (Phi) is 7.15. The van der Waals surface area contributed by atoms with Gasteiger partial charge in [0, 0.05) is 0 Å². The molecule has 10 atom stereocenters. The van der Waals surface area contributed by atoms with E-state index >= 15 is 0 Å². The van der Waals surface area contributed by atoms with Gasteiger partial charge in [-0.05, 0) is 112 Å². The van der Waals surface area contributed by atoms with Gasteiger partial charge in [-0.1, -0.05) is 51.0 Å². The van der Waals surface area contributed by atoms with E-state index in [1.165, 1.54) is 51.4 Å². The second-order valence-electron chi connectivity index (χ2n) is 11.8. The number of hydrogen-bond acceptors (Lipinski definition) is 2. The molecule has 0 radical (unpaired) electrons. The van der Waals surface area contributed by atoms with E-state index in [0.717, 1.165) is 24.7 Å². The highest BCUT2D eigenvalue weighted by Gasteiger charge is 2.37. The molecule has 30 heavy (non-hydrogen) atoms. The second-order valence-corrected chi connectivity index (χ2v) is 11.8. The Labute approximate surface area is 185 Å². The summed E-state index contributed by atoms with van der Waals surface area (Å²) >= 11 is 0. The molecule has 170 valence electrons. The van der Waals surface area contributed by atoms with E-state index in [0.29, 0.717) is 35.5 Å². The first-order valence-electron chi connectivity index (χ1n) is 13.1. The third-order valence-electron chi connectivity index (χ3n) is 9.76. The van der Waals surface area contributed by atoms with Crippen LogP contribution in [0.5, 0.6) is 0 Å². The van der Waals surface area contributed by atoms with Crippen LogP contribution in [0.4, 0.5) is 0 Å². The molecule has 10 unspecified atom stereocenters. The minimum absolute atomic E-state index is 0.0884. The van der Waals surface area contributed by atoms with Crippen LogP contribution in [-0.4, -0.2) is 22.4 Å². The maximum atomic E-state index is 10.2. The largest absolute Gasteiger partial charge is 0.393 e. The van der Waals surface area contributed by atoms with Gasteiger partial charge in [0.15, 0.2) is 0 Å². The molecule has 0 aliphatic heterocycles. The van der Waals surface area contributed by atoms with Crippen molar-refractivity contribution in [3.63, 3.8) is 0 Å². The summed E-state index contributed by atoms with van der Waals surface area (Å²) in [6.45, 7) is 9.17. The summed E-state index contributed by atoms with van der Waals surface area (Å²) in [5, 5.41) is 20.4.